The van der Waals surface area contributed by atoms with Gasteiger partial charge in [0.1, 0.15) is 11.3 Å². The number of carboxylic acid groups (broad SMARTS) is 1. The molecule has 0 amide bonds. The summed E-state index contributed by atoms with van der Waals surface area (Å²) in [7, 11) is 1.62. The zero-order chi connectivity index (χ0) is 15.5. The predicted octanol–water partition coefficient (Wildman–Crippen LogP) is 3.57. The number of ether oxygens (including phenoxy) is 1. The first kappa shape index (κ1) is 16.1. The summed E-state index contributed by atoms with van der Waals surface area (Å²) in [5, 5.41) is 10.4. The van der Waals surface area contributed by atoms with Crippen molar-refractivity contribution >= 4 is 17.6 Å². The first-order valence-electron chi connectivity index (χ1n) is 7.34. The molecule has 0 bridgehead atoms. The first-order valence-corrected chi connectivity index (χ1v) is 7.72. The van der Waals surface area contributed by atoms with Gasteiger partial charge in [0.15, 0.2) is 0 Å². The number of hydrogen-bond acceptors (Lipinski definition) is 3. The summed E-state index contributed by atoms with van der Waals surface area (Å²) >= 11 is 6.06. The molecule has 1 aromatic carbocycles. The highest BCUT2D eigenvalue weighted by Crippen LogP contribution is 2.36. The molecule has 1 heterocycles. The number of nitrogens with zero attached hydrogens (tertiary/aromatic N) is 1. The fourth-order valence-electron chi connectivity index (χ4n) is 3.29. The molecule has 1 aliphatic heterocycles. The van der Waals surface area contributed by atoms with Gasteiger partial charge in [0.25, 0.3) is 0 Å². The summed E-state index contributed by atoms with van der Waals surface area (Å²) < 4.78 is 5.37. The van der Waals surface area contributed by atoms with Crippen LogP contribution in [-0.2, 0) is 11.3 Å². The molecule has 0 aromatic heterocycles. The normalized spacial score (nSPS) is 22.4. The van der Waals surface area contributed by atoms with Crippen LogP contribution in [0.15, 0.2) is 18.2 Å². The van der Waals surface area contributed by atoms with Gasteiger partial charge < -0.3 is 9.84 Å². The van der Waals surface area contributed by atoms with Gasteiger partial charge in [-0.1, -0.05) is 24.9 Å². The number of likely N-dealkylation sites (tertiary alicyclic amines) is 1. The van der Waals surface area contributed by atoms with Crippen LogP contribution in [0.1, 0.15) is 38.2 Å². The summed E-state index contributed by atoms with van der Waals surface area (Å²) in [6, 6.07) is 5.47. The Bertz CT molecular complexity index is 520. The Hall–Kier alpha value is -1.26. The molecule has 0 spiro atoms. The van der Waals surface area contributed by atoms with Crippen molar-refractivity contribution < 1.29 is 14.6 Å². The minimum absolute atomic E-state index is 0.552. The maximum absolute atomic E-state index is 11.8. The Morgan fingerprint density at radius 2 is 2.29 bits per heavy atom. The molecule has 0 radical (unpaired) electrons. The van der Waals surface area contributed by atoms with Gasteiger partial charge in [-0.15, -0.1) is 0 Å². The molecule has 0 saturated carbocycles. The predicted molar refractivity (Wildman–Crippen MR) is 82.9 cm³/mol. The number of carboxylic acids is 1. The van der Waals surface area contributed by atoms with Crippen LogP contribution in [0.25, 0.3) is 0 Å². The van der Waals surface area contributed by atoms with Crippen LogP contribution in [0.3, 0.4) is 0 Å². The van der Waals surface area contributed by atoms with Crippen molar-refractivity contribution in [3.05, 3.63) is 28.8 Å². The maximum Gasteiger partial charge on any atom is 0.324 e. The van der Waals surface area contributed by atoms with Crippen LogP contribution in [-0.4, -0.2) is 35.2 Å². The van der Waals surface area contributed by atoms with Crippen LogP contribution in [0.5, 0.6) is 5.75 Å². The highest BCUT2D eigenvalue weighted by atomic mass is 35.5. The zero-order valence-electron chi connectivity index (χ0n) is 12.6. The SMILES string of the molecule is CCCC1(C(=O)O)CCCN1Cc1cc(Cl)ccc1OC. The van der Waals surface area contributed by atoms with Gasteiger partial charge in [0, 0.05) is 17.1 Å². The Labute approximate surface area is 130 Å². The molecule has 5 heteroatoms. The summed E-state index contributed by atoms with van der Waals surface area (Å²) in [5.74, 6) is 0.0323. The Kier molecular flexibility index (Phi) is 5.12. The fourth-order valence-corrected chi connectivity index (χ4v) is 3.48. The molecule has 1 saturated heterocycles. The van der Waals surface area contributed by atoms with E-state index in [0.717, 1.165) is 30.7 Å². The van der Waals surface area contributed by atoms with Crippen molar-refractivity contribution in [3.8, 4) is 5.75 Å². The number of rotatable bonds is 6. The molecule has 21 heavy (non-hydrogen) atoms. The second-order valence-corrected chi connectivity index (χ2v) is 6.00. The number of halogens is 1. The molecule has 1 unspecified atom stereocenters. The van der Waals surface area contributed by atoms with Crippen molar-refractivity contribution in [2.45, 2.75) is 44.7 Å². The van der Waals surface area contributed by atoms with Crippen LogP contribution in [0.4, 0.5) is 0 Å². The van der Waals surface area contributed by atoms with Crippen molar-refractivity contribution in [3.63, 3.8) is 0 Å². The average Bonchev–Trinajstić information content (AvgIpc) is 2.84. The van der Waals surface area contributed by atoms with E-state index in [-0.39, 0.29) is 0 Å². The van der Waals surface area contributed by atoms with Gasteiger partial charge in [-0.05, 0) is 44.0 Å². The van der Waals surface area contributed by atoms with Crippen LogP contribution < -0.4 is 4.74 Å². The Morgan fingerprint density at radius 3 is 2.90 bits per heavy atom. The lowest BCUT2D eigenvalue weighted by molar-refractivity contribution is -0.150. The van der Waals surface area contributed by atoms with E-state index >= 15 is 0 Å². The number of methoxy groups -OCH3 is 1. The van der Waals surface area contributed by atoms with Gasteiger partial charge in [-0.25, -0.2) is 0 Å². The molecule has 4 nitrogen and oxygen atoms in total. The van der Waals surface area contributed by atoms with Gasteiger partial charge in [-0.3, -0.25) is 9.69 Å². The van der Waals surface area contributed by atoms with Crippen LogP contribution >= 0.6 is 11.6 Å². The summed E-state index contributed by atoms with van der Waals surface area (Å²) in [5.41, 5.74) is 0.191. The average molecular weight is 312 g/mol. The second-order valence-electron chi connectivity index (χ2n) is 5.57. The smallest absolute Gasteiger partial charge is 0.324 e. The molecular weight excluding hydrogens is 290 g/mol. The molecule has 1 N–H and O–H groups in total. The summed E-state index contributed by atoms with van der Waals surface area (Å²) in [6.07, 6.45) is 3.15. The molecule has 1 aliphatic rings. The standard InChI is InChI=1S/C16H22ClNO3/c1-3-7-16(15(19)20)8-4-9-18(16)11-12-10-13(17)5-6-14(12)21-2/h5-6,10H,3-4,7-9,11H2,1-2H3,(H,19,20). The van der Waals surface area contributed by atoms with E-state index in [1.807, 2.05) is 19.1 Å². The quantitative estimate of drug-likeness (QED) is 0.872. The van der Waals surface area contributed by atoms with Gasteiger partial charge in [0.2, 0.25) is 0 Å². The van der Waals surface area contributed by atoms with Crippen LogP contribution in [0.2, 0.25) is 5.02 Å². The van der Waals surface area contributed by atoms with E-state index in [1.165, 1.54) is 0 Å². The van der Waals surface area contributed by atoms with E-state index in [0.29, 0.717) is 24.4 Å². The molecule has 2 rings (SSSR count). The molecule has 1 atom stereocenters. The molecule has 0 aliphatic carbocycles. The van der Waals surface area contributed by atoms with E-state index in [4.69, 9.17) is 16.3 Å². The monoisotopic (exact) mass is 311 g/mol. The Balaban J connectivity index is 2.29. The van der Waals surface area contributed by atoms with E-state index in [9.17, 15) is 9.90 Å². The highest BCUT2D eigenvalue weighted by Gasteiger charge is 2.46. The van der Waals surface area contributed by atoms with Gasteiger partial charge in [-0.2, -0.15) is 0 Å². The topological polar surface area (TPSA) is 49.8 Å². The minimum Gasteiger partial charge on any atom is -0.496 e. The fraction of sp³-hybridized carbons (Fsp3) is 0.562. The van der Waals surface area contributed by atoms with Crippen molar-refractivity contribution in [1.82, 2.24) is 4.90 Å². The maximum atomic E-state index is 11.8. The lowest BCUT2D eigenvalue weighted by Gasteiger charge is -2.35. The van der Waals surface area contributed by atoms with E-state index in [2.05, 4.69) is 4.90 Å². The number of aliphatic carboxylic acids is 1. The van der Waals surface area contributed by atoms with Crippen molar-refractivity contribution in [1.29, 1.82) is 0 Å². The van der Waals surface area contributed by atoms with Crippen LogP contribution in [0, 0.1) is 0 Å². The third-order valence-corrected chi connectivity index (χ3v) is 4.52. The third-order valence-electron chi connectivity index (χ3n) is 4.29. The number of carbonyl (C=O) groups is 1. The number of hydrogen-bond donors (Lipinski definition) is 1. The van der Waals surface area contributed by atoms with Crippen molar-refractivity contribution in [2.24, 2.45) is 0 Å². The van der Waals surface area contributed by atoms with E-state index < -0.39 is 11.5 Å². The summed E-state index contributed by atoms with van der Waals surface area (Å²) in [4.78, 5) is 13.9. The minimum atomic E-state index is -0.748. The Morgan fingerprint density at radius 1 is 1.52 bits per heavy atom. The molecular formula is C16H22ClNO3. The third kappa shape index (κ3) is 3.16. The molecule has 1 fully saturated rings. The van der Waals surface area contributed by atoms with Gasteiger partial charge in [0.05, 0.1) is 7.11 Å². The molecule has 1 aromatic rings. The van der Waals surface area contributed by atoms with Gasteiger partial charge >= 0.3 is 5.97 Å². The summed E-state index contributed by atoms with van der Waals surface area (Å²) in [6.45, 7) is 3.37. The lowest BCUT2D eigenvalue weighted by atomic mass is 9.90. The van der Waals surface area contributed by atoms with E-state index in [1.54, 1.807) is 13.2 Å². The molecule has 116 valence electrons. The largest absolute Gasteiger partial charge is 0.496 e. The van der Waals surface area contributed by atoms with Crippen molar-refractivity contribution in [2.75, 3.05) is 13.7 Å². The second kappa shape index (κ2) is 6.67. The zero-order valence-corrected chi connectivity index (χ0v) is 13.3. The lowest BCUT2D eigenvalue weighted by Crippen LogP contribution is -2.50. The first-order chi connectivity index (χ1) is 10.0. The highest BCUT2D eigenvalue weighted by molar-refractivity contribution is 6.30. The number of benzene rings is 1.